The third-order valence-electron chi connectivity index (χ3n) is 7.74. The van der Waals surface area contributed by atoms with Gasteiger partial charge in [-0.1, -0.05) is 79.2 Å². The second-order valence-corrected chi connectivity index (χ2v) is 10.9. The molecule has 0 radical (unpaired) electrons. The first-order valence-corrected chi connectivity index (χ1v) is 14.2. The molecule has 206 valence electrons. The van der Waals surface area contributed by atoms with E-state index in [-0.39, 0.29) is 17.8 Å². The standard InChI is InChI=1S/C34H34ClNO4/c1-4-21(2)40-34(38)31-22(3)36-28-18-25(24-14-16-26(35)17-15-24)19-29(37)33(28)32(31)27-12-8-9-13-30(27)39-20-23-10-6-5-7-11-23/h5-17,21,25,32,36H,4,18-20H2,1-3H3/t21-,25+,32-/m0/s1. The highest BCUT2D eigenvalue weighted by Gasteiger charge is 2.42. The number of benzene rings is 3. The maximum atomic E-state index is 14.0. The van der Waals surface area contributed by atoms with Crippen LogP contribution in [0.3, 0.4) is 0 Å². The molecule has 0 spiro atoms. The first-order valence-electron chi connectivity index (χ1n) is 13.8. The van der Waals surface area contributed by atoms with E-state index in [1.165, 1.54) is 0 Å². The molecule has 0 aromatic heterocycles. The minimum Gasteiger partial charge on any atom is -0.489 e. The number of ketones is 1. The largest absolute Gasteiger partial charge is 0.489 e. The molecule has 1 heterocycles. The second-order valence-electron chi connectivity index (χ2n) is 10.5. The number of para-hydroxylation sites is 1. The van der Waals surface area contributed by atoms with Crippen LogP contribution in [0.4, 0.5) is 0 Å². The molecular weight excluding hydrogens is 522 g/mol. The number of halogens is 1. The molecular formula is C34H34ClNO4. The van der Waals surface area contributed by atoms with Crippen LogP contribution in [0.15, 0.2) is 101 Å². The quantitative estimate of drug-likeness (QED) is 0.290. The summed E-state index contributed by atoms with van der Waals surface area (Å²) >= 11 is 6.12. The van der Waals surface area contributed by atoms with Gasteiger partial charge in [0.2, 0.25) is 0 Å². The lowest BCUT2D eigenvalue weighted by Gasteiger charge is -2.37. The molecule has 0 fully saturated rings. The number of esters is 1. The van der Waals surface area contributed by atoms with Crippen molar-refractivity contribution in [2.75, 3.05) is 0 Å². The summed E-state index contributed by atoms with van der Waals surface area (Å²) in [5.41, 5.74) is 5.48. The van der Waals surface area contributed by atoms with Crippen molar-refractivity contribution in [2.45, 2.75) is 64.6 Å². The van der Waals surface area contributed by atoms with E-state index in [1.807, 2.05) is 99.6 Å². The van der Waals surface area contributed by atoms with Gasteiger partial charge in [0, 0.05) is 34.0 Å². The fourth-order valence-corrected chi connectivity index (χ4v) is 5.63. The monoisotopic (exact) mass is 555 g/mol. The van der Waals surface area contributed by atoms with Crippen LogP contribution in [0.2, 0.25) is 5.02 Å². The number of hydrogen-bond donors (Lipinski definition) is 1. The van der Waals surface area contributed by atoms with Crippen LogP contribution >= 0.6 is 11.6 Å². The number of rotatable bonds is 8. The average Bonchev–Trinajstić information content (AvgIpc) is 2.96. The van der Waals surface area contributed by atoms with E-state index in [0.29, 0.717) is 53.5 Å². The van der Waals surface area contributed by atoms with Gasteiger partial charge in [-0.2, -0.15) is 0 Å². The lowest BCUT2D eigenvalue weighted by Crippen LogP contribution is -2.36. The third kappa shape index (κ3) is 5.85. The third-order valence-corrected chi connectivity index (χ3v) is 7.99. The van der Waals surface area contributed by atoms with E-state index in [2.05, 4.69) is 5.32 Å². The van der Waals surface area contributed by atoms with Crippen LogP contribution in [-0.2, 0) is 20.9 Å². The summed E-state index contributed by atoms with van der Waals surface area (Å²) in [6, 6.07) is 25.3. The van der Waals surface area contributed by atoms with Crippen molar-refractivity contribution in [3.8, 4) is 5.75 Å². The van der Waals surface area contributed by atoms with Crippen LogP contribution < -0.4 is 10.1 Å². The normalized spacial score (nSPS) is 19.6. The summed E-state index contributed by atoms with van der Waals surface area (Å²) in [4.78, 5) is 27.6. The van der Waals surface area contributed by atoms with E-state index in [9.17, 15) is 9.59 Å². The van der Waals surface area contributed by atoms with Crippen molar-refractivity contribution in [1.82, 2.24) is 5.32 Å². The Kier molecular flexibility index (Phi) is 8.41. The molecule has 40 heavy (non-hydrogen) atoms. The second kappa shape index (κ2) is 12.1. The molecule has 0 amide bonds. The molecule has 5 nitrogen and oxygen atoms in total. The zero-order chi connectivity index (χ0) is 28.2. The van der Waals surface area contributed by atoms with Gasteiger partial charge in [-0.25, -0.2) is 4.79 Å². The van der Waals surface area contributed by atoms with Gasteiger partial charge in [0.05, 0.1) is 17.6 Å². The lowest BCUT2D eigenvalue weighted by atomic mass is 9.71. The summed E-state index contributed by atoms with van der Waals surface area (Å²) in [7, 11) is 0. The van der Waals surface area contributed by atoms with Gasteiger partial charge in [0.25, 0.3) is 0 Å². The number of Topliss-reactive ketones (excluding diaryl/α,β-unsaturated/α-hetero) is 1. The first-order chi connectivity index (χ1) is 19.4. The number of allylic oxidation sites excluding steroid dienone is 3. The molecule has 1 aliphatic carbocycles. The predicted octanol–water partition coefficient (Wildman–Crippen LogP) is 7.62. The number of carbonyl (C=O) groups is 2. The van der Waals surface area contributed by atoms with Crippen molar-refractivity contribution in [1.29, 1.82) is 0 Å². The number of ether oxygens (including phenoxy) is 2. The van der Waals surface area contributed by atoms with Gasteiger partial charge in [0.15, 0.2) is 5.78 Å². The van der Waals surface area contributed by atoms with Crippen LogP contribution in [0.25, 0.3) is 0 Å². The van der Waals surface area contributed by atoms with Gasteiger partial charge in [-0.15, -0.1) is 0 Å². The zero-order valence-corrected chi connectivity index (χ0v) is 23.8. The van der Waals surface area contributed by atoms with E-state index < -0.39 is 11.9 Å². The SMILES string of the molecule is CC[C@H](C)OC(=O)C1=C(C)NC2=C(C(=O)C[C@H](c3ccc(Cl)cc3)C2)[C@H]1c1ccccc1OCc1ccccc1. The van der Waals surface area contributed by atoms with Crippen molar-refractivity contribution in [3.63, 3.8) is 0 Å². The van der Waals surface area contributed by atoms with Crippen molar-refractivity contribution < 1.29 is 19.1 Å². The Balaban J connectivity index is 1.57. The Morgan fingerprint density at radius 1 is 1.00 bits per heavy atom. The molecule has 0 saturated heterocycles. The number of hydrogen-bond acceptors (Lipinski definition) is 5. The Labute approximate surface area is 240 Å². The highest BCUT2D eigenvalue weighted by atomic mass is 35.5. The molecule has 3 aromatic carbocycles. The van der Waals surface area contributed by atoms with E-state index in [0.717, 1.165) is 22.4 Å². The average molecular weight is 556 g/mol. The van der Waals surface area contributed by atoms with Gasteiger partial charge >= 0.3 is 5.97 Å². The van der Waals surface area contributed by atoms with Crippen LogP contribution in [0.5, 0.6) is 5.75 Å². The van der Waals surface area contributed by atoms with E-state index in [4.69, 9.17) is 21.1 Å². The summed E-state index contributed by atoms with van der Waals surface area (Å²) in [6.07, 6.45) is 1.45. The Morgan fingerprint density at radius 2 is 1.70 bits per heavy atom. The van der Waals surface area contributed by atoms with Gasteiger partial charge < -0.3 is 14.8 Å². The molecule has 3 atom stereocenters. The first kappa shape index (κ1) is 27.7. The number of dihydropyridines is 1. The highest BCUT2D eigenvalue weighted by molar-refractivity contribution is 6.30. The summed E-state index contributed by atoms with van der Waals surface area (Å²) in [5, 5.41) is 4.09. The molecule has 1 aliphatic heterocycles. The van der Waals surface area contributed by atoms with Gasteiger partial charge in [-0.3, -0.25) is 4.79 Å². The molecule has 6 heteroatoms. The van der Waals surface area contributed by atoms with Crippen LogP contribution in [0, 0.1) is 0 Å². The molecule has 0 bridgehead atoms. The zero-order valence-electron chi connectivity index (χ0n) is 23.1. The minimum atomic E-state index is -0.599. The maximum absolute atomic E-state index is 14.0. The van der Waals surface area contributed by atoms with Crippen LogP contribution in [0.1, 0.15) is 68.6 Å². The number of carbonyl (C=O) groups excluding carboxylic acids is 2. The van der Waals surface area contributed by atoms with Crippen molar-refractivity contribution in [3.05, 3.63) is 123 Å². The topological polar surface area (TPSA) is 64.6 Å². The Hall–Kier alpha value is -3.83. The molecule has 2 aliphatic rings. The molecule has 5 rings (SSSR count). The summed E-state index contributed by atoms with van der Waals surface area (Å²) in [6.45, 7) is 6.11. The minimum absolute atomic E-state index is 0.0119. The van der Waals surface area contributed by atoms with E-state index in [1.54, 1.807) is 0 Å². The highest BCUT2D eigenvalue weighted by Crippen LogP contribution is 2.48. The maximum Gasteiger partial charge on any atom is 0.337 e. The lowest BCUT2D eigenvalue weighted by molar-refractivity contribution is -0.144. The molecule has 1 N–H and O–H groups in total. The Bertz CT molecular complexity index is 1460. The summed E-state index contributed by atoms with van der Waals surface area (Å²) < 4.78 is 12.1. The fraction of sp³-hybridized carbons (Fsp3) is 0.294. The Morgan fingerprint density at radius 3 is 2.42 bits per heavy atom. The van der Waals surface area contributed by atoms with Gasteiger partial charge in [0.1, 0.15) is 12.4 Å². The van der Waals surface area contributed by atoms with Crippen LogP contribution in [-0.4, -0.2) is 17.9 Å². The van der Waals surface area contributed by atoms with Gasteiger partial charge in [-0.05, 0) is 61.9 Å². The fourth-order valence-electron chi connectivity index (χ4n) is 5.51. The smallest absolute Gasteiger partial charge is 0.337 e. The number of nitrogens with one attached hydrogen (secondary N) is 1. The molecule has 3 aromatic rings. The van der Waals surface area contributed by atoms with Crippen molar-refractivity contribution in [2.24, 2.45) is 0 Å². The molecule has 0 saturated carbocycles. The van der Waals surface area contributed by atoms with E-state index >= 15 is 0 Å². The van der Waals surface area contributed by atoms with Crippen molar-refractivity contribution >= 4 is 23.4 Å². The summed E-state index contributed by atoms with van der Waals surface area (Å²) in [5.74, 6) is -0.347. The predicted molar refractivity (Wildman–Crippen MR) is 157 cm³/mol. The molecule has 0 unspecified atom stereocenters.